The number of nitriles is 1. The number of thiol groups is 1. The molecular formula is C14H19NOS. The van der Waals surface area contributed by atoms with Crippen LogP contribution in [-0.2, 0) is 0 Å². The van der Waals surface area contributed by atoms with Crippen molar-refractivity contribution in [3.63, 3.8) is 0 Å². The molecule has 0 amide bonds. The van der Waals surface area contributed by atoms with Crippen molar-refractivity contribution in [2.45, 2.75) is 26.7 Å². The summed E-state index contributed by atoms with van der Waals surface area (Å²) >= 11 is 4.41. The maximum atomic E-state index is 8.97. The lowest BCUT2D eigenvalue weighted by atomic mass is 9.85. The largest absolute Gasteiger partial charge is 0.492 e. The molecule has 0 saturated carbocycles. The SMILES string of the molecule is CCC(CC)(CS)COc1ccccc1C#N. The van der Waals surface area contributed by atoms with Crippen molar-refractivity contribution in [3.8, 4) is 11.8 Å². The van der Waals surface area contributed by atoms with Crippen LogP contribution in [0.2, 0.25) is 0 Å². The van der Waals surface area contributed by atoms with E-state index in [1.165, 1.54) is 0 Å². The molecule has 1 aromatic rings. The second-order valence-corrected chi connectivity index (χ2v) is 4.58. The van der Waals surface area contributed by atoms with Crippen LogP contribution in [-0.4, -0.2) is 12.4 Å². The maximum absolute atomic E-state index is 8.97. The van der Waals surface area contributed by atoms with E-state index in [1.807, 2.05) is 18.2 Å². The normalized spacial score (nSPS) is 10.9. The number of nitrogens with zero attached hydrogens (tertiary/aromatic N) is 1. The average Bonchev–Trinajstić information content (AvgIpc) is 2.41. The van der Waals surface area contributed by atoms with E-state index in [4.69, 9.17) is 10.00 Å². The minimum atomic E-state index is 0.103. The van der Waals surface area contributed by atoms with Crippen LogP contribution in [0.1, 0.15) is 32.3 Å². The van der Waals surface area contributed by atoms with Gasteiger partial charge < -0.3 is 4.74 Å². The Kier molecular flexibility index (Phi) is 5.37. The first-order valence-corrected chi connectivity index (χ1v) is 6.57. The zero-order valence-electron chi connectivity index (χ0n) is 10.4. The summed E-state index contributed by atoms with van der Waals surface area (Å²) in [6, 6.07) is 9.49. The third-order valence-corrected chi connectivity index (χ3v) is 4.05. The molecule has 0 unspecified atom stereocenters. The van der Waals surface area contributed by atoms with Gasteiger partial charge in [0.1, 0.15) is 11.8 Å². The second-order valence-electron chi connectivity index (χ2n) is 4.26. The van der Waals surface area contributed by atoms with Gasteiger partial charge in [0, 0.05) is 5.41 Å². The zero-order valence-corrected chi connectivity index (χ0v) is 11.3. The summed E-state index contributed by atoms with van der Waals surface area (Å²) in [4.78, 5) is 0. The van der Waals surface area contributed by atoms with E-state index in [0.29, 0.717) is 17.9 Å². The number of rotatable bonds is 6. The fourth-order valence-electron chi connectivity index (χ4n) is 1.64. The molecule has 0 atom stereocenters. The summed E-state index contributed by atoms with van der Waals surface area (Å²) in [6.45, 7) is 4.92. The molecule has 0 saturated heterocycles. The Balaban J connectivity index is 2.76. The van der Waals surface area contributed by atoms with Crippen molar-refractivity contribution in [2.75, 3.05) is 12.4 Å². The fraction of sp³-hybridized carbons (Fsp3) is 0.500. The zero-order chi connectivity index (χ0) is 12.7. The number of benzene rings is 1. The van der Waals surface area contributed by atoms with Crippen LogP contribution in [0.3, 0.4) is 0 Å². The van der Waals surface area contributed by atoms with Crippen LogP contribution in [0.4, 0.5) is 0 Å². The standard InChI is InChI=1S/C14H19NOS/c1-3-14(4-2,11-17)10-16-13-8-6-5-7-12(13)9-15/h5-8,17H,3-4,10-11H2,1-2H3. The molecule has 92 valence electrons. The minimum absolute atomic E-state index is 0.103. The molecule has 1 aromatic carbocycles. The molecule has 0 fully saturated rings. The quantitative estimate of drug-likeness (QED) is 0.780. The summed E-state index contributed by atoms with van der Waals surface area (Å²) < 4.78 is 5.79. The maximum Gasteiger partial charge on any atom is 0.137 e. The third kappa shape index (κ3) is 3.41. The molecule has 1 rings (SSSR count). The van der Waals surface area contributed by atoms with Gasteiger partial charge in [-0.05, 0) is 30.7 Å². The molecule has 2 nitrogen and oxygen atoms in total. The molecule has 0 aliphatic heterocycles. The Morgan fingerprint density at radius 3 is 2.47 bits per heavy atom. The Bertz CT molecular complexity index is 385. The summed E-state index contributed by atoms with van der Waals surface area (Å²) in [5.74, 6) is 1.47. The van der Waals surface area contributed by atoms with Crippen molar-refractivity contribution in [3.05, 3.63) is 29.8 Å². The van der Waals surface area contributed by atoms with Crippen LogP contribution in [0.5, 0.6) is 5.75 Å². The van der Waals surface area contributed by atoms with Crippen molar-refractivity contribution in [1.29, 1.82) is 5.26 Å². The van der Waals surface area contributed by atoms with Gasteiger partial charge in [-0.15, -0.1) is 0 Å². The third-order valence-electron chi connectivity index (χ3n) is 3.38. The van der Waals surface area contributed by atoms with Crippen LogP contribution in [0.15, 0.2) is 24.3 Å². The Morgan fingerprint density at radius 2 is 1.94 bits per heavy atom. The monoisotopic (exact) mass is 249 g/mol. The van der Waals surface area contributed by atoms with Crippen LogP contribution >= 0.6 is 12.6 Å². The van der Waals surface area contributed by atoms with E-state index in [0.717, 1.165) is 18.6 Å². The molecule has 0 spiro atoms. The van der Waals surface area contributed by atoms with Crippen LogP contribution in [0, 0.1) is 16.7 Å². The van der Waals surface area contributed by atoms with Crippen molar-refractivity contribution in [1.82, 2.24) is 0 Å². The van der Waals surface area contributed by atoms with Gasteiger partial charge in [0.15, 0.2) is 0 Å². The van der Waals surface area contributed by atoms with Crippen molar-refractivity contribution in [2.24, 2.45) is 5.41 Å². The van der Waals surface area contributed by atoms with E-state index in [1.54, 1.807) is 6.07 Å². The number of hydrogen-bond donors (Lipinski definition) is 1. The molecule has 0 aromatic heterocycles. The molecule has 0 radical (unpaired) electrons. The number of hydrogen-bond acceptors (Lipinski definition) is 3. The van der Waals surface area contributed by atoms with Crippen molar-refractivity contribution >= 4 is 12.6 Å². The average molecular weight is 249 g/mol. The molecule has 0 N–H and O–H groups in total. The lowest BCUT2D eigenvalue weighted by Gasteiger charge is -2.29. The Hall–Kier alpha value is -1.14. The summed E-state index contributed by atoms with van der Waals surface area (Å²) in [5, 5.41) is 8.97. The Labute approximate surface area is 109 Å². The van der Waals surface area contributed by atoms with Crippen LogP contribution < -0.4 is 4.74 Å². The topological polar surface area (TPSA) is 33.0 Å². The molecule has 0 aliphatic rings. The predicted octanol–water partition coefficient (Wildman–Crippen LogP) is 3.67. The fourth-order valence-corrected chi connectivity index (χ4v) is 2.18. The van der Waals surface area contributed by atoms with E-state index < -0.39 is 0 Å². The van der Waals surface area contributed by atoms with E-state index in [2.05, 4.69) is 32.5 Å². The Morgan fingerprint density at radius 1 is 1.29 bits per heavy atom. The minimum Gasteiger partial charge on any atom is -0.492 e. The molecule has 0 heterocycles. The first-order valence-electron chi connectivity index (χ1n) is 5.94. The summed E-state index contributed by atoms with van der Waals surface area (Å²) in [5.41, 5.74) is 0.693. The van der Waals surface area contributed by atoms with Gasteiger partial charge in [-0.2, -0.15) is 17.9 Å². The summed E-state index contributed by atoms with van der Waals surface area (Å²) in [6.07, 6.45) is 2.06. The highest BCUT2D eigenvalue weighted by atomic mass is 32.1. The van der Waals surface area contributed by atoms with Gasteiger partial charge in [0.05, 0.1) is 12.2 Å². The van der Waals surface area contributed by atoms with Crippen molar-refractivity contribution < 1.29 is 4.74 Å². The molecular weight excluding hydrogens is 230 g/mol. The lowest BCUT2D eigenvalue weighted by molar-refractivity contribution is 0.156. The summed E-state index contributed by atoms with van der Waals surface area (Å²) in [7, 11) is 0. The number of para-hydroxylation sites is 1. The van der Waals surface area contributed by atoms with Gasteiger partial charge >= 0.3 is 0 Å². The molecule has 0 aliphatic carbocycles. The van der Waals surface area contributed by atoms with E-state index in [9.17, 15) is 0 Å². The van der Waals surface area contributed by atoms with Gasteiger partial charge in [-0.1, -0.05) is 26.0 Å². The molecule has 3 heteroatoms. The van der Waals surface area contributed by atoms with E-state index in [-0.39, 0.29) is 5.41 Å². The highest BCUT2D eigenvalue weighted by Crippen LogP contribution is 2.29. The van der Waals surface area contributed by atoms with Gasteiger partial charge in [-0.25, -0.2) is 0 Å². The van der Waals surface area contributed by atoms with Crippen LogP contribution in [0.25, 0.3) is 0 Å². The smallest absolute Gasteiger partial charge is 0.137 e. The molecule has 0 bridgehead atoms. The number of ether oxygens (including phenoxy) is 1. The van der Waals surface area contributed by atoms with Gasteiger partial charge in [0.2, 0.25) is 0 Å². The first-order chi connectivity index (χ1) is 8.21. The first kappa shape index (κ1) is 13.9. The lowest BCUT2D eigenvalue weighted by Crippen LogP contribution is -2.29. The molecule has 17 heavy (non-hydrogen) atoms. The van der Waals surface area contributed by atoms with Gasteiger partial charge in [-0.3, -0.25) is 0 Å². The van der Waals surface area contributed by atoms with E-state index >= 15 is 0 Å². The highest BCUT2D eigenvalue weighted by Gasteiger charge is 2.25. The second kappa shape index (κ2) is 6.56. The predicted molar refractivity (Wildman–Crippen MR) is 73.5 cm³/mol. The van der Waals surface area contributed by atoms with Gasteiger partial charge in [0.25, 0.3) is 0 Å². The highest BCUT2D eigenvalue weighted by molar-refractivity contribution is 7.80.